The molecule has 1 aromatic carbocycles. The van der Waals surface area contributed by atoms with E-state index in [0.29, 0.717) is 5.56 Å². The van der Waals surface area contributed by atoms with Crippen molar-refractivity contribution in [3.63, 3.8) is 0 Å². The summed E-state index contributed by atoms with van der Waals surface area (Å²) in [6, 6.07) is 4.66. The molecule has 1 rings (SSSR count). The lowest BCUT2D eigenvalue weighted by molar-refractivity contribution is -0.108. The highest BCUT2D eigenvalue weighted by Crippen LogP contribution is 2.27. The van der Waals surface area contributed by atoms with E-state index >= 15 is 0 Å². The van der Waals surface area contributed by atoms with Gasteiger partial charge in [-0.2, -0.15) is 0 Å². The molecule has 0 aliphatic heterocycles. The number of carbonyl (C=O) groups excluding carboxylic acids is 2. The molecule has 1 aromatic rings. The molecule has 1 amide bonds. The zero-order chi connectivity index (χ0) is 14.6. The first-order valence-corrected chi connectivity index (χ1v) is 6.01. The third-order valence-corrected chi connectivity index (χ3v) is 2.39. The molecule has 5 nitrogen and oxygen atoms in total. The lowest BCUT2D eigenvalue weighted by Crippen LogP contribution is -2.27. The smallest absolute Gasteiger partial charge is 0.412 e. The molecule has 0 radical (unpaired) electrons. The molecule has 0 fully saturated rings. The summed E-state index contributed by atoms with van der Waals surface area (Å²) < 4.78 is 5.08. The van der Waals surface area contributed by atoms with E-state index in [0.717, 1.165) is 6.29 Å². The largest absolute Gasteiger partial charge is 0.506 e. The van der Waals surface area contributed by atoms with E-state index in [1.54, 1.807) is 33.8 Å². The Kier molecular flexibility index (Phi) is 4.53. The van der Waals surface area contributed by atoms with Crippen molar-refractivity contribution in [1.82, 2.24) is 0 Å². The number of phenols is 1. The van der Waals surface area contributed by atoms with Crippen LogP contribution in [0, 0.1) is 0 Å². The maximum absolute atomic E-state index is 11.6. The number of amides is 1. The third kappa shape index (κ3) is 4.62. The second kappa shape index (κ2) is 5.73. The summed E-state index contributed by atoms with van der Waals surface area (Å²) in [6.45, 7) is 6.98. The number of aromatic hydroxyl groups is 1. The van der Waals surface area contributed by atoms with Gasteiger partial charge in [-0.05, 0) is 38.5 Å². The molecule has 0 aromatic heterocycles. The van der Waals surface area contributed by atoms with Crippen LogP contribution < -0.4 is 5.32 Å². The Morgan fingerprint density at radius 3 is 2.53 bits per heavy atom. The molecule has 19 heavy (non-hydrogen) atoms. The van der Waals surface area contributed by atoms with Crippen molar-refractivity contribution < 1.29 is 19.4 Å². The average Bonchev–Trinajstić information content (AvgIpc) is 2.28. The molecule has 5 heteroatoms. The van der Waals surface area contributed by atoms with Gasteiger partial charge in [-0.15, -0.1) is 0 Å². The van der Waals surface area contributed by atoms with Crippen LogP contribution in [0.5, 0.6) is 5.75 Å². The maximum atomic E-state index is 11.6. The average molecular weight is 265 g/mol. The Hall–Kier alpha value is -2.04. The molecule has 0 bridgehead atoms. The maximum Gasteiger partial charge on any atom is 0.412 e. The van der Waals surface area contributed by atoms with Crippen LogP contribution >= 0.6 is 0 Å². The van der Waals surface area contributed by atoms with Gasteiger partial charge in [0.1, 0.15) is 17.6 Å². The fourth-order valence-corrected chi connectivity index (χ4v) is 1.43. The van der Waals surface area contributed by atoms with Gasteiger partial charge in [0.05, 0.1) is 5.69 Å². The molecule has 0 saturated heterocycles. The highest BCUT2D eigenvalue weighted by Gasteiger charge is 2.17. The van der Waals surface area contributed by atoms with Crippen molar-refractivity contribution in [1.29, 1.82) is 0 Å². The summed E-state index contributed by atoms with van der Waals surface area (Å²) in [5.41, 5.74) is 0.324. The van der Waals surface area contributed by atoms with Gasteiger partial charge in [0.25, 0.3) is 0 Å². The molecule has 0 spiro atoms. The Morgan fingerprint density at radius 2 is 2.05 bits per heavy atom. The van der Waals surface area contributed by atoms with Crippen LogP contribution in [0.25, 0.3) is 0 Å². The monoisotopic (exact) mass is 265 g/mol. The van der Waals surface area contributed by atoms with Crippen molar-refractivity contribution in [3.8, 4) is 5.75 Å². The molecule has 1 atom stereocenters. The Labute approximate surface area is 112 Å². The van der Waals surface area contributed by atoms with Gasteiger partial charge >= 0.3 is 6.09 Å². The van der Waals surface area contributed by atoms with Crippen LogP contribution in [-0.4, -0.2) is 23.1 Å². The van der Waals surface area contributed by atoms with Crippen LogP contribution in [-0.2, 0) is 9.53 Å². The van der Waals surface area contributed by atoms with Crippen LogP contribution in [0.3, 0.4) is 0 Å². The predicted molar refractivity (Wildman–Crippen MR) is 72.4 cm³/mol. The Balaban J connectivity index is 2.81. The van der Waals surface area contributed by atoms with Crippen molar-refractivity contribution in [2.24, 2.45) is 0 Å². The number of phenolic OH excluding ortho intramolecular Hbond substituents is 1. The summed E-state index contributed by atoms with van der Waals surface area (Å²) in [5.74, 6) is -0.404. The quantitative estimate of drug-likeness (QED) is 0.650. The highest BCUT2D eigenvalue weighted by molar-refractivity contribution is 5.87. The fourth-order valence-electron chi connectivity index (χ4n) is 1.43. The van der Waals surface area contributed by atoms with Crippen LogP contribution in [0.2, 0.25) is 0 Å². The summed E-state index contributed by atoms with van der Waals surface area (Å²) in [6.07, 6.45) is 0.148. The molecular weight excluding hydrogens is 246 g/mol. The normalized spacial score (nSPS) is 12.6. The Bertz CT molecular complexity index is 477. The number of hydrogen-bond donors (Lipinski definition) is 2. The fraction of sp³-hybridized carbons (Fsp3) is 0.429. The molecule has 2 N–H and O–H groups in total. The lowest BCUT2D eigenvalue weighted by Gasteiger charge is -2.20. The van der Waals surface area contributed by atoms with Crippen molar-refractivity contribution in [2.75, 3.05) is 5.32 Å². The molecule has 0 aliphatic rings. The van der Waals surface area contributed by atoms with E-state index in [1.807, 2.05) is 0 Å². The van der Waals surface area contributed by atoms with Gasteiger partial charge in [-0.25, -0.2) is 4.79 Å². The van der Waals surface area contributed by atoms with Gasteiger partial charge < -0.3 is 14.6 Å². The van der Waals surface area contributed by atoms with Crippen LogP contribution in [0.15, 0.2) is 18.2 Å². The van der Waals surface area contributed by atoms with E-state index in [-0.39, 0.29) is 17.4 Å². The number of carbonyl (C=O) groups is 2. The van der Waals surface area contributed by atoms with E-state index in [1.165, 1.54) is 12.1 Å². The Morgan fingerprint density at radius 1 is 1.42 bits per heavy atom. The number of benzene rings is 1. The second-order valence-electron chi connectivity index (χ2n) is 5.33. The SMILES string of the molecule is CC(C=O)c1ccc(NC(=O)OC(C)(C)C)c(O)c1. The van der Waals surface area contributed by atoms with Gasteiger partial charge in [0.15, 0.2) is 0 Å². The highest BCUT2D eigenvalue weighted by atomic mass is 16.6. The lowest BCUT2D eigenvalue weighted by atomic mass is 10.0. The zero-order valence-electron chi connectivity index (χ0n) is 11.6. The van der Waals surface area contributed by atoms with Crippen molar-refractivity contribution >= 4 is 18.1 Å². The number of aldehydes is 1. The van der Waals surface area contributed by atoms with Gasteiger partial charge in [-0.1, -0.05) is 13.0 Å². The first-order chi connectivity index (χ1) is 8.73. The second-order valence-corrected chi connectivity index (χ2v) is 5.33. The molecule has 0 saturated carbocycles. The number of ether oxygens (including phenoxy) is 1. The third-order valence-electron chi connectivity index (χ3n) is 2.39. The van der Waals surface area contributed by atoms with E-state index < -0.39 is 11.7 Å². The number of hydrogen-bond acceptors (Lipinski definition) is 4. The first kappa shape index (κ1) is 15.0. The van der Waals surface area contributed by atoms with Gasteiger partial charge in [0, 0.05) is 5.92 Å². The standard InChI is InChI=1S/C14H19NO4/c1-9(8-16)10-5-6-11(12(17)7-10)15-13(18)19-14(2,3)4/h5-9,17H,1-4H3,(H,15,18). The molecule has 1 unspecified atom stereocenters. The first-order valence-electron chi connectivity index (χ1n) is 6.01. The minimum Gasteiger partial charge on any atom is -0.506 e. The number of rotatable bonds is 3. The van der Waals surface area contributed by atoms with Crippen molar-refractivity contribution in [2.45, 2.75) is 39.2 Å². The van der Waals surface area contributed by atoms with Crippen LogP contribution in [0.4, 0.5) is 10.5 Å². The molecular formula is C14H19NO4. The van der Waals surface area contributed by atoms with Gasteiger partial charge in [0.2, 0.25) is 0 Å². The van der Waals surface area contributed by atoms with E-state index in [2.05, 4.69) is 5.32 Å². The number of anilines is 1. The zero-order valence-corrected chi connectivity index (χ0v) is 11.6. The molecule has 104 valence electrons. The number of nitrogens with one attached hydrogen (secondary N) is 1. The van der Waals surface area contributed by atoms with Crippen LogP contribution in [0.1, 0.15) is 39.2 Å². The van der Waals surface area contributed by atoms with Gasteiger partial charge in [-0.3, -0.25) is 5.32 Å². The summed E-state index contributed by atoms with van der Waals surface area (Å²) in [7, 11) is 0. The molecule has 0 aliphatic carbocycles. The summed E-state index contributed by atoms with van der Waals surface area (Å²) >= 11 is 0. The minimum atomic E-state index is -0.640. The van der Waals surface area contributed by atoms with E-state index in [4.69, 9.17) is 4.74 Å². The van der Waals surface area contributed by atoms with Crippen molar-refractivity contribution in [3.05, 3.63) is 23.8 Å². The van der Waals surface area contributed by atoms with E-state index in [9.17, 15) is 14.7 Å². The topological polar surface area (TPSA) is 75.6 Å². The molecule has 0 heterocycles. The minimum absolute atomic E-state index is 0.0999. The summed E-state index contributed by atoms with van der Waals surface area (Å²) in [4.78, 5) is 22.2. The summed E-state index contributed by atoms with van der Waals surface area (Å²) in [5, 5.41) is 12.2. The predicted octanol–water partition coefficient (Wildman–Crippen LogP) is 3.04.